The third kappa shape index (κ3) is 4.13. The monoisotopic (exact) mass is 344 g/mol. The normalized spacial score (nSPS) is 17.8. The molecule has 0 radical (unpaired) electrons. The molecule has 1 aliphatic heterocycles. The Bertz CT molecular complexity index is 706. The van der Waals surface area contributed by atoms with Crippen molar-refractivity contribution in [3.05, 3.63) is 64.4 Å². The van der Waals surface area contributed by atoms with E-state index in [2.05, 4.69) is 4.98 Å². The lowest BCUT2D eigenvalue weighted by Gasteiger charge is -2.33. The van der Waals surface area contributed by atoms with Crippen LogP contribution < -0.4 is 0 Å². The van der Waals surface area contributed by atoms with Gasteiger partial charge in [-0.25, -0.2) is 0 Å². The molecular weight excluding hydrogens is 324 g/mol. The van der Waals surface area contributed by atoms with E-state index in [-0.39, 0.29) is 12.0 Å². The van der Waals surface area contributed by atoms with Gasteiger partial charge >= 0.3 is 0 Å². The number of aromatic nitrogens is 1. The third-order valence-corrected chi connectivity index (χ3v) is 4.54. The topological polar surface area (TPSA) is 42.4 Å². The highest BCUT2D eigenvalue weighted by Gasteiger charge is 2.26. The Balaban J connectivity index is 1.62. The number of hydrogen-bond donors (Lipinski definition) is 0. The number of pyridine rings is 1. The van der Waals surface area contributed by atoms with Crippen molar-refractivity contribution in [1.29, 1.82) is 0 Å². The van der Waals surface area contributed by atoms with Crippen LogP contribution in [0.2, 0.25) is 5.02 Å². The molecule has 0 spiro atoms. The average molecular weight is 345 g/mol. The molecule has 2 aromatic rings. The Hall–Kier alpha value is -1.91. The lowest BCUT2D eigenvalue weighted by Crippen LogP contribution is -2.43. The number of rotatable bonds is 4. The van der Waals surface area contributed by atoms with Crippen molar-refractivity contribution in [2.24, 2.45) is 0 Å². The molecule has 4 nitrogen and oxygen atoms in total. The fourth-order valence-corrected chi connectivity index (χ4v) is 3.12. The summed E-state index contributed by atoms with van der Waals surface area (Å²) in [4.78, 5) is 18.8. The Morgan fingerprint density at radius 1 is 1.42 bits per heavy atom. The largest absolute Gasteiger partial charge is 0.372 e. The first-order chi connectivity index (χ1) is 11.6. The van der Waals surface area contributed by atoms with E-state index in [0.717, 1.165) is 30.5 Å². The van der Waals surface area contributed by atoms with E-state index < -0.39 is 0 Å². The van der Waals surface area contributed by atoms with Crippen molar-refractivity contribution in [3.8, 4) is 0 Å². The van der Waals surface area contributed by atoms with Crippen LogP contribution in [0.4, 0.5) is 0 Å². The van der Waals surface area contributed by atoms with E-state index in [1.54, 1.807) is 18.5 Å². The molecule has 1 fully saturated rings. The number of nitrogens with zero attached hydrogens (tertiary/aromatic N) is 2. The van der Waals surface area contributed by atoms with Crippen molar-refractivity contribution < 1.29 is 9.53 Å². The van der Waals surface area contributed by atoms with Crippen molar-refractivity contribution in [3.63, 3.8) is 0 Å². The molecule has 0 aliphatic carbocycles. The SMILES string of the molecule is Cc1ccc(Cl)cc1C(=O)N1CCC[C@H](OCc2cccnc2)C1. The summed E-state index contributed by atoms with van der Waals surface area (Å²) in [5, 5.41) is 0.588. The van der Waals surface area contributed by atoms with Gasteiger partial charge < -0.3 is 9.64 Å². The second-order valence-corrected chi connectivity index (χ2v) is 6.58. The molecular formula is C19H21ClN2O2. The van der Waals surface area contributed by atoms with Gasteiger partial charge in [0.05, 0.1) is 12.7 Å². The molecule has 0 N–H and O–H groups in total. The summed E-state index contributed by atoms with van der Waals surface area (Å²) in [6, 6.07) is 9.34. The van der Waals surface area contributed by atoms with E-state index >= 15 is 0 Å². The fourth-order valence-electron chi connectivity index (χ4n) is 2.95. The van der Waals surface area contributed by atoms with Crippen molar-refractivity contribution >= 4 is 17.5 Å². The number of likely N-dealkylation sites (tertiary alicyclic amines) is 1. The summed E-state index contributed by atoms with van der Waals surface area (Å²) in [5.41, 5.74) is 2.67. The molecule has 1 aromatic carbocycles. The molecule has 126 valence electrons. The van der Waals surface area contributed by atoms with Gasteiger partial charge in [-0.2, -0.15) is 0 Å². The predicted octanol–water partition coefficient (Wildman–Crippen LogP) is 3.86. The molecule has 0 unspecified atom stereocenters. The highest BCUT2D eigenvalue weighted by atomic mass is 35.5. The smallest absolute Gasteiger partial charge is 0.254 e. The number of benzene rings is 1. The van der Waals surface area contributed by atoms with Gasteiger partial charge in [-0.1, -0.05) is 23.7 Å². The second-order valence-electron chi connectivity index (χ2n) is 6.15. The molecule has 0 bridgehead atoms. The molecule has 0 saturated carbocycles. The van der Waals surface area contributed by atoms with Crippen LogP contribution in [0.25, 0.3) is 0 Å². The van der Waals surface area contributed by atoms with Crippen LogP contribution in [-0.4, -0.2) is 35.0 Å². The summed E-state index contributed by atoms with van der Waals surface area (Å²) < 4.78 is 5.98. The number of halogens is 1. The van der Waals surface area contributed by atoms with Crippen LogP contribution in [0.1, 0.15) is 34.3 Å². The summed E-state index contributed by atoms with van der Waals surface area (Å²) in [5.74, 6) is 0.0321. The minimum atomic E-state index is 0.0321. The number of piperidine rings is 1. The van der Waals surface area contributed by atoms with Crippen molar-refractivity contribution in [2.45, 2.75) is 32.5 Å². The maximum atomic E-state index is 12.8. The van der Waals surface area contributed by atoms with E-state index in [1.165, 1.54) is 0 Å². The first kappa shape index (κ1) is 16.9. The Morgan fingerprint density at radius 3 is 3.08 bits per heavy atom. The predicted molar refractivity (Wildman–Crippen MR) is 94.1 cm³/mol. The molecule has 1 aromatic heterocycles. The van der Waals surface area contributed by atoms with Gasteiger partial charge in [0, 0.05) is 36.1 Å². The Kier molecular flexibility index (Phi) is 5.48. The van der Waals surface area contributed by atoms with E-state index in [9.17, 15) is 4.79 Å². The van der Waals surface area contributed by atoms with Gasteiger partial charge in [0.15, 0.2) is 0 Å². The standard InChI is InChI=1S/C19H21ClN2O2/c1-14-6-7-16(20)10-18(14)19(23)22-9-3-5-17(12-22)24-13-15-4-2-8-21-11-15/h2,4,6-8,10-11,17H,3,5,9,12-13H2,1H3/t17-/m0/s1. The second kappa shape index (κ2) is 7.77. The molecule has 2 heterocycles. The highest BCUT2D eigenvalue weighted by Crippen LogP contribution is 2.21. The van der Waals surface area contributed by atoms with Crippen LogP contribution in [-0.2, 0) is 11.3 Å². The number of aryl methyl sites for hydroxylation is 1. The maximum Gasteiger partial charge on any atom is 0.254 e. The molecule has 24 heavy (non-hydrogen) atoms. The van der Waals surface area contributed by atoms with Gasteiger partial charge in [-0.05, 0) is 49.1 Å². The minimum Gasteiger partial charge on any atom is -0.372 e. The fraction of sp³-hybridized carbons (Fsp3) is 0.368. The van der Waals surface area contributed by atoms with Crippen LogP contribution >= 0.6 is 11.6 Å². The van der Waals surface area contributed by atoms with Crippen LogP contribution in [0.15, 0.2) is 42.7 Å². The highest BCUT2D eigenvalue weighted by molar-refractivity contribution is 6.31. The quantitative estimate of drug-likeness (QED) is 0.845. The Morgan fingerprint density at radius 2 is 2.29 bits per heavy atom. The van der Waals surface area contributed by atoms with Gasteiger partial charge in [0.25, 0.3) is 5.91 Å². The average Bonchev–Trinajstić information content (AvgIpc) is 2.62. The van der Waals surface area contributed by atoms with Gasteiger partial charge in [-0.3, -0.25) is 9.78 Å². The van der Waals surface area contributed by atoms with Crippen LogP contribution in [0.5, 0.6) is 0 Å². The number of hydrogen-bond acceptors (Lipinski definition) is 3. The molecule has 1 aliphatic rings. The van der Waals surface area contributed by atoms with E-state index in [0.29, 0.717) is 23.7 Å². The van der Waals surface area contributed by atoms with E-state index in [4.69, 9.17) is 16.3 Å². The summed E-state index contributed by atoms with van der Waals surface area (Å²) in [7, 11) is 0. The molecule has 1 amide bonds. The third-order valence-electron chi connectivity index (χ3n) is 4.30. The van der Waals surface area contributed by atoms with Gasteiger partial charge in [0.1, 0.15) is 0 Å². The summed E-state index contributed by atoms with van der Waals surface area (Å²) in [6.45, 7) is 3.84. The number of carbonyl (C=O) groups is 1. The number of carbonyl (C=O) groups excluding carboxylic acids is 1. The van der Waals surface area contributed by atoms with Gasteiger partial charge in [-0.15, -0.1) is 0 Å². The lowest BCUT2D eigenvalue weighted by molar-refractivity contribution is -0.00683. The zero-order valence-electron chi connectivity index (χ0n) is 13.7. The number of ether oxygens (including phenoxy) is 1. The van der Waals surface area contributed by atoms with Crippen molar-refractivity contribution in [2.75, 3.05) is 13.1 Å². The first-order valence-electron chi connectivity index (χ1n) is 8.19. The van der Waals surface area contributed by atoms with E-state index in [1.807, 2.05) is 36.1 Å². The summed E-state index contributed by atoms with van der Waals surface area (Å²) >= 11 is 6.04. The van der Waals surface area contributed by atoms with Crippen molar-refractivity contribution in [1.82, 2.24) is 9.88 Å². The molecule has 1 atom stereocenters. The molecule has 3 rings (SSSR count). The maximum absolute atomic E-state index is 12.8. The van der Waals surface area contributed by atoms with Gasteiger partial charge in [0.2, 0.25) is 0 Å². The molecule has 1 saturated heterocycles. The van der Waals surface area contributed by atoms with Crippen LogP contribution in [0, 0.1) is 6.92 Å². The Labute approximate surface area is 147 Å². The zero-order valence-corrected chi connectivity index (χ0v) is 14.5. The van der Waals surface area contributed by atoms with Crippen LogP contribution in [0.3, 0.4) is 0 Å². The first-order valence-corrected chi connectivity index (χ1v) is 8.57. The number of amides is 1. The summed E-state index contributed by atoms with van der Waals surface area (Å²) in [6.07, 6.45) is 5.53. The molecule has 5 heteroatoms. The lowest BCUT2D eigenvalue weighted by atomic mass is 10.0. The minimum absolute atomic E-state index is 0.0321. The zero-order chi connectivity index (χ0) is 16.9.